The summed E-state index contributed by atoms with van der Waals surface area (Å²) in [5, 5.41) is 0. The van der Waals surface area contributed by atoms with Crippen molar-refractivity contribution in [3.05, 3.63) is 30.3 Å². The highest BCUT2D eigenvalue weighted by molar-refractivity contribution is 8.00. The SMILES string of the molecule is CC(C)[C@H]1COC(CSc2ccccc2)=N1. The van der Waals surface area contributed by atoms with Crippen LogP contribution in [-0.4, -0.2) is 24.3 Å². The van der Waals surface area contributed by atoms with Crippen LogP contribution in [-0.2, 0) is 4.74 Å². The molecule has 0 saturated carbocycles. The van der Waals surface area contributed by atoms with Crippen LogP contribution in [0.3, 0.4) is 0 Å². The van der Waals surface area contributed by atoms with Gasteiger partial charge in [-0.25, -0.2) is 4.99 Å². The summed E-state index contributed by atoms with van der Waals surface area (Å²) in [7, 11) is 0. The lowest BCUT2D eigenvalue weighted by Crippen LogP contribution is -2.13. The molecule has 86 valence electrons. The molecule has 1 atom stereocenters. The summed E-state index contributed by atoms with van der Waals surface area (Å²) >= 11 is 1.78. The van der Waals surface area contributed by atoms with E-state index in [1.165, 1.54) is 4.90 Å². The van der Waals surface area contributed by atoms with Gasteiger partial charge in [-0.2, -0.15) is 0 Å². The van der Waals surface area contributed by atoms with Crippen molar-refractivity contribution in [1.82, 2.24) is 0 Å². The first-order valence-corrected chi connectivity index (χ1v) is 6.61. The van der Waals surface area contributed by atoms with E-state index in [1.807, 2.05) is 6.07 Å². The average molecular weight is 235 g/mol. The molecule has 0 amide bonds. The minimum absolute atomic E-state index is 0.353. The second-order valence-corrected chi connectivity index (χ2v) is 5.30. The molecule has 0 unspecified atom stereocenters. The Morgan fingerprint density at radius 3 is 2.75 bits per heavy atom. The Kier molecular flexibility index (Phi) is 3.88. The molecule has 1 aliphatic rings. The largest absolute Gasteiger partial charge is 0.478 e. The number of ether oxygens (including phenoxy) is 1. The van der Waals surface area contributed by atoms with Gasteiger partial charge < -0.3 is 4.74 Å². The maximum Gasteiger partial charge on any atom is 0.194 e. The van der Waals surface area contributed by atoms with Crippen LogP contribution >= 0.6 is 11.8 Å². The highest BCUT2D eigenvalue weighted by atomic mass is 32.2. The van der Waals surface area contributed by atoms with Gasteiger partial charge in [-0.15, -0.1) is 11.8 Å². The molecular formula is C13H17NOS. The van der Waals surface area contributed by atoms with E-state index >= 15 is 0 Å². The fourth-order valence-corrected chi connectivity index (χ4v) is 2.32. The first-order chi connectivity index (χ1) is 7.75. The van der Waals surface area contributed by atoms with Gasteiger partial charge >= 0.3 is 0 Å². The van der Waals surface area contributed by atoms with Gasteiger partial charge in [0.25, 0.3) is 0 Å². The summed E-state index contributed by atoms with van der Waals surface area (Å²) in [5.74, 6) is 2.31. The molecule has 0 saturated heterocycles. The van der Waals surface area contributed by atoms with Crippen molar-refractivity contribution in [1.29, 1.82) is 0 Å². The maximum absolute atomic E-state index is 5.58. The molecule has 0 bridgehead atoms. The van der Waals surface area contributed by atoms with Gasteiger partial charge in [-0.1, -0.05) is 32.0 Å². The lowest BCUT2D eigenvalue weighted by molar-refractivity contribution is 0.290. The van der Waals surface area contributed by atoms with E-state index in [0.717, 1.165) is 18.3 Å². The quantitative estimate of drug-likeness (QED) is 0.747. The van der Waals surface area contributed by atoms with Gasteiger partial charge in [0.05, 0.1) is 11.8 Å². The van der Waals surface area contributed by atoms with E-state index in [-0.39, 0.29) is 0 Å². The molecule has 0 fully saturated rings. The standard InChI is InChI=1S/C13H17NOS/c1-10(2)12-8-15-13(14-12)9-16-11-6-4-3-5-7-11/h3-7,10,12H,8-9H2,1-2H3/t12-/m1/s1. The van der Waals surface area contributed by atoms with Crippen LogP contribution < -0.4 is 0 Å². The molecule has 1 aromatic rings. The molecule has 1 aliphatic heterocycles. The predicted molar refractivity (Wildman–Crippen MR) is 69.2 cm³/mol. The smallest absolute Gasteiger partial charge is 0.194 e. The summed E-state index contributed by atoms with van der Waals surface area (Å²) < 4.78 is 5.58. The summed E-state index contributed by atoms with van der Waals surface area (Å²) in [6.45, 7) is 5.12. The van der Waals surface area contributed by atoms with Gasteiger partial charge in [-0.05, 0) is 18.1 Å². The van der Waals surface area contributed by atoms with Crippen molar-refractivity contribution >= 4 is 17.7 Å². The molecule has 3 heteroatoms. The van der Waals surface area contributed by atoms with E-state index in [9.17, 15) is 0 Å². The van der Waals surface area contributed by atoms with Crippen LogP contribution in [0.15, 0.2) is 40.2 Å². The van der Waals surface area contributed by atoms with E-state index in [1.54, 1.807) is 11.8 Å². The van der Waals surface area contributed by atoms with Gasteiger partial charge in [0.1, 0.15) is 6.61 Å². The van der Waals surface area contributed by atoms with Crippen molar-refractivity contribution in [2.75, 3.05) is 12.4 Å². The van der Waals surface area contributed by atoms with Crippen LogP contribution in [0.25, 0.3) is 0 Å². The molecule has 0 spiro atoms. The average Bonchev–Trinajstić information content (AvgIpc) is 2.76. The van der Waals surface area contributed by atoms with Crippen molar-refractivity contribution in [2.45, 2.75) is 24.8 Å². The minimum atomic E-state index is 0.353. The number of hydrogen-bond acceptors (Lipinski definition) is 3. The van der Waals surface area contributed by atoms with Crippen LogP contribution in [0, 0.1) is 5.92 Å². The Labute approximate surface area is 101 Å². The number of rotatable bonds is 4. The predicted octanol–water partition coefficient (Wildman–Crippen LogP) is 3.23. The summed E-state index contributed by atoms with van der Waals surface area (Å²) in [6, 6.07) is 10.7. The molecule has 2 rings (SSSR count). The van der Waals surface area contributed by atoms with Gasteiger partial charge in [-0.3, -0.25) is 0 Å². The van der Waals surface area contributed by atoms with Gasteiger partial charge in [0.2, 0.25) is 0 Å². The van der Waals surface area contributed by atoms with Crippen molar-refractivity contribution < 1.29 is 4.74 Å². The fraction of sp³-hybridized carbons (Fsp3) is 0.462. The van der Waals surface area contributed by atoms with E-state index < -0.39 is 0 Å². The van der Waals surface area contributed by atoms with Crippen LogP contribution in [0.4, 0.5) is 0 Å². The van der Waals surface area contributed by atoms with E-state index in [2.05, 4.69) is 43.1 Å². The normalized spacial score (nSPS) is 19.7. The molecule has 1 aromatic carbocycles. The van der Waals surface area contributed by atoms with Crippen molar-refractivity contribution in [3.63, 3.8) is 0 Å². The Hall–Kier alpha value is -0.960. The number of benzene rings is 1. The van der Waals surface area contributed by atoms with E-state index in [4.69, 9.17) is 4.74 Å². The van der Waals surface area contributed by atoms with Crippen LogP contribution in [0.1, 0.15) is 13.8 Å². The Bertz CT molecular complexity index is 361. The third-order valence-electron chi connectivity index (χ3n) is 2.61. The zero-order chi connectivity index (χ0) is 11.4. The summed E-state index contributed by atoms with van der Waals surface area (Å²) in [6.07, 6.45) is 0. The van der Waals surface area contributed by atoms with E-state index in [0.29, 0.717) is 12.0 Å². The second kappa shape index (κ2) is 5.39. The Balaban J connectivity index is 1.86. The topological polar surface area (TPSA) is 21.6 Å². The molecule has 2 nitrogen and oxygen atoms in total. The highest BCUT2D eigenvalue weighted by Crippen LogP contribution is 2.20. The third-order valence-corrected chi connectivity index (χ3v) is 3.60. The Morgan fingerprint density at radius 1 is 1.38 bits per heavy atom. The molecular weight excluding hydrogens is 218 g/mol. The van der Waals surface area contributed by atoms with Crippen molar-refractivity contribution in [3.8, 4) is 0 Å². The molecule has 0 aliphatic carbocycles. The van der Waals surface area contributed by atoms with Gasteiger partial charge in [0.15, 0.2) is 5.90 Å². The van der Waals surface area contributed by atoms with Gasteiger partial charge in [0, 0.05) is 4.90 Å². The highest BCUT2D eigenvalue weighted by Gasteiger charge is 2.21. The zero-order valence-electron chi connectivity index (χ0n) is 9.72. The number of thioether (sulfide) groups is 1. The minimum Gasteiger partial charge on any atom is -0.478 e. The number of nitrogens with zero attached hydrogens (tertiary/aromatic N) is 1. The molecule has 16 heavy (non-hydrogen) atoms. The zero-order valence-corrected chi connectivity index (χ0v) is 10.5. The molecule has 0 N–H and O–H groups in total. The summed E-state index contributed by atoms with van der Waals surface area (Å²) in [4.78, 5) is 5.84. The maximum atomic E-state index is 5.58. The lowest BCUT2D eigenvalue weighted by atomic mass is 10.1. The fourth-order valence-electron chi connectivity index (χ4n) is 1.52. The molecule has 0 aromatic heterocycles. The van der Waals surface area contributed by atoms with Crippen LogP contribution in [0.5, 0.6) is 0 Å². The van der Waals surface area contributed by atoms with Crippen molar-refractivity contribution in [2.24, 2.45) is 10.9 Å². The second-order valence-electron chi connectivity index (χ2n) is 4.25. The summed E-state index contributed by atoms with van der Waals surface area (Å²) in [5.41, 5.74) is 0. The number of hydrogen-bond donors (Lipinski definition) is 0. The number of aliphatic imine (C=N–C) groups is 1. The Morgan fingerprint density at radius 2 is 2.12 bits per heavy atom. The first kappa shape index (κ1) is 11.5. The monoisotopic (exact) mass is 235 g/mol. The third kappa shape index (κ3) is 3.01. The molecule has 0 radical (unpaired) electrons. The lowest BCUT2D eigenvalue weighted by Gasteiger charge is -2.06. The molecule has 1 heterocycles. The van der Waals surface area contributed by atoms with Crippen LogP contribution in [0.2, 0.25) is 0 Å². The first-order valence-electron chi connectivity index (χ1n) is 5.63.